The molecule has 0 atom stereocenters. The maximum Gasteiger partial charge on any atom is 0.417 e. The van der Waals surface area contributed by atoms with Crippen LogP contribution in [0.4, 0.5) is 19.0 Å². The number of carbonyl (C=O) groups excluding carboxylic acids is 2. The smallest absolute Gasteiger partial charge is 0.417 e. The molecule has 8 nitrogen and oxygen atoms in total. The number of ketones is 1. The number of carbonyl (C=O) groups is 2. The van der Waals surface area contributed by atoms with Crippen molar-refractivity contribution < 1.29 is 27.2 Å². The van der Waals surface area contributed by atoms with Crippen molar-refractivity contribution in [2.75, 3.05) is 18.4 Å². The zero-order valence-corrected chi connectivity index (χ0v) is 24.9. The molecule has 0 spiro atoms. The van der Waals surface area contributed by atoms with Gasteiger partial charge in [0, 0.05) is 35.5 Å². The van der Waals surface area contributed by atoms with Crippen LogP contribution in [0.1, 0.15) is 42.5 Å². The summed E-state index contributed by atoms with van der Waals surface area (Å²) in [6.45, 7) is 0.610. The first-order valence-electron chi connectivity index (χ1n) is 13.6. The SMILES string of the molecule is O=C(CN1C=C(c2cc(NCc3ccc(Cl)s3)n(C(=O)c3ccccc3C(F)(F)F)n2)C=C(c2ccccn2)C1)c1ccoc1. The number of hydrogen-bond donors (Lipinski definition) is 1. The number of allylic oxidation sites excluding steroid dienone is 2. The third kappa shape index (κ3) is 6.76. The third-order valence-electron chi connectivity index (χ3n) is 6.94. The number of alkyl halides is 3. The molecular weight excluding hydrogens is 627 g/mol. The lowest BCUT2D eigenvalue weighted by Crippen LogP contribution is -2.29. The van der Waals surface area contributed by atoms with Crippen molar-refractivity contribution in [1.82, 2.24) is 19.7 Å². The molecule has 6 rings (SSSR count). The molecule has 1 N–H and O–H groups in total. The van der Waals surface area contributed by atoms with E-state index in [1.165, 1.54) is 36.0 Å². The molecule has 13 heteroatoms. The molecule has 0 saturated carbocycles. The van der Waals surface area contributed by atoms with E-state index >= 15 is 0 Å². The van der Waals surface area contributed by atoms with Gasteiger partial charge in [0.25, 0.3) is 5.91 Å². The quantitative estimate of drug-likeness (QED) is 0.165. The molecule has 5 heterocycles. The molecule has 1 aliphatic heterocycles. The molecule has 0 radical (unpaired) electrons. The number of thiophene rings is 1. The van der Waals surface area contributed by atoms with Gasteiger partial charge in [0.05, 0.1) is 51.8 Å². The second-order valence-corrected chi connectivity index (χ2v) is 11.8. The van der Waals surface area contributed by atoms with E-state index < -0.39 is 23.2 Å². The van der Waals surface area contributed by atoms with Gasteiger partial charge in [0.15, 0.2) is 5.78 Å². The highest BCUT2D eigenvalue weighted by molar-refractivity contribution is 7.16. The van der Waals surface area contributed by atoms with Gasteiger partial charge >= 0.3 is 6.18 Å². The molecule has 0 amide bonds. The van der Waals surface area contributed by atoms with E-state index in [0.29, 0.717) is 33.4 Å². The number of rotatable bonds is 9. The number of furan rings is 1. The minimum atomic E-state index is -4.75. The number of Topliss-reactive ketones (excluding diaryl/α,β-unsaturated/α-hetero) is 1. The molecule has 0 bridgehead atoms. The molecule has 4 aromatic heterocycles. The monoisotopic (exact) mass is 649 g/mol. The van der Waals surface area contributed by atoms with Crippen molar-refractivity contribution >= 4 is 51.6 Å². The summed E-state index contributed by atoms with van der Waals surface area (Å²) in [5.41, 5.74) is 1.08. The van der Waals surface area contributed by atoms with Crippen LogP contribution in [0.25, 0.3) is 11.1 Å². The van der Waals surface area contributed by atoms with E-state index in [-0.39, 0.29) is 24.7 Å². The van der Waals surface area contributed by atoms with Gasteiger partial charge in [-0.1, -0.05) is 29.8 Å². The summed E-state index contributed by atoms with van der Waals surface area (Å²) < 4.78 is 48.2. The highest BCUT2D eigenvalue weighted by Crippen LogP contribution is 2.34. The summed E-state index contributed by atoms with van der Waals surface area (Å²) in [6, 6.07) is 16.7. The van der Waals surface area contributed by atoms with Crippen molar-refractivity contribution in [3.8, 4) is 0 Å². The summed E-state index contributed by atoms with van der Waals surface area (Å²) in [4.78, 5) is 33.7. The molecule has 1 aliphatic rings. The van der Waals surface area contributed by atoms with Crippen molar-refractivity contribution in [3.63, 3.8) is 0 Å². The lowest BCUT2D eigenvalue weighted by molar-refractivity contribution is -0.137. The van der Waals surface area contributed by atoms with Crippen LogP contribution in [0.5, 0.6) is 0 Å². The number of aromatic nitrogens is 3. The van der Waals surface area contributed by atoms with Crippen LogP contribution in [0.15, 0.2) is 102 Å². The predicted molar refractivity (Wildman–Crippen MR) is 165 cm³/mol. The number of pyridine rings is 1. The van der Waals surface area contributed by atoms with E-state index in [4.69, 9.17) is 16.0 Å². The molecule has 0 aliphatic carbocycles. The second kappa shape index (κ2) is 12.6. The van der Waals surface area contributed by atoms with Crippen molar-refractivity contribution in [1.29, 1.82) is 0 Å². The molecule has 0 saturated heterocycles. The molecule has 228 valence electrons. The molecule has 1 aromatic carbocycles. The highest BCUT2D eigenvalue weighted by atomic mass is 35.5. The Labute approximate surface area is 264 Å². The Hall–Kier alpha value is -4.94. The second-order valence-electron chi connectivity index (χ2n) is 10.0. The van der Waals surface area contributed by atoms with Gasteiger partial charge in [0.2, 0.25) is 0 Å². The standard InChI is InChI=1S/C32H23ClF3N5O3S/c33-29-9-8-23(45-29)15-38-30-14-27(39-41(30)31(43)24-5-1-2-6-25(24)32(34,35)36)22-13-21(26-7-3-4-11-37-26)16-40(17-22)18-28(42)20-10-12-44-19-20/h1-14,17,19,38H,15-16,18H2. The van der Waals surface area contributed by atoms with Gasteiger partial charge in [0.1, 0.15) is 12.1 Å². The minimum Gasteiger partial charge on any atom is -0.472 e. The van der Waals surface area contributed by atoms with Crippen LogP contribution in [-0.4, -0.2) is 44.4 Å². The lowest BCUT2D eigenvalue weighted by atomic mass is 10.0. The first-order valence-corrected chi connectivity index (χ1v) is 14.8. The molecule has 0 unspecified atom stereocenters. The fraction of sp³-hybridized carbons (Fsp3) is 0.125. The van der Waals surface area contributed by atoms with Crippen molar-refractivity contribution in [2.45, 2.75) is 12.7 Å². The van der Waals surface area contributed by atoms with Gasteiger partial charge < -0.3 is 14.6 Å². The predicted octanol–water partition coefficient (Wildman–Crippen LogP) is 7.53. The zero-order chi connectivity index (χ0) is 31.6. The highest BCUT2D eigenvalue weighted by Gasteiger charge is 2.36. The van der Waals surface area contributed by atoms with E-state index in [1.807, 2.05) is 24.3 Å². The number of anilines is 1. The van der Waals surface area contributed by atoms with Crippen LogP contribution in [-0.2, 0) is 12.7 Å². The molecule has 0 fully saturated rings. The summed E-state index contributed by atoms with van der Waals surface area (Å²) >= 11 is 7.40. The van der Waals surface area contributed by atoms with Gasteiger partial charge in [-0.05, 0) is 54.1 Å². The number of benzene rings is 1. The Morgan fingerprint density at radius 3 is 2.58 bits per heavy atom. The summed E-state index contributed by atoms with van der Waals surface area (Å²) in [6.07, 6.45) is 3.26. The summed E-state index contributed by atoms with van der Waals surface area (Å²) in [5, 5.41) is 7.63. The minimum absolute atomic E-state index is 0.00997. The summed E-state index contributed by atoms with van der Waals surface area (Å²) in [7, 11) is 0. The Balaban J connectivity index is 1.41. The summed E-state index contributed by atoms with van der Waals surface area (Å²) in [5.74, 6) is -0.960. The van der Waals surface area contributed by atoms with Gasteiger partial charge in [-0.25, -0.2) is 0 Å². The van der Waals surface area contributed by atoms with Gasteiger partial charge in [-0.2, -0.15) is 23.0 Å². The lowest BCUT2D eigenvalue weighted by Gasteiger charge is -2.26. The van der Waals surface area contributed by atoms with Crippen LogP contribution in [0, 0.1) is 0 Å². The van der Waals surface area contributed by atoms with E-state index in [2.05, 4.69) is 15.4 Å². The Morgan fingerprint density at radius 1 is 1.04 bits per heavy atom. The van der Waals surface area contributed by atoms with Gasteiger partial charge in [-0.3, -0.25) is 14.6 Å². The first kappa shape index (κ1) is 30.1. The number of nitrogens with one attached hydrogen (secondary N) is 1. The fourth-order valence-electron chi connectivity index (χ4n) is 4.84. The Bertz CT molecular complexity index is 1910. The topological polar surface area (TPSA) is 93.3 Å². The fourth-order valence-corrected chi connectivity index (χ4v) is 5.87. The van der Waals surface area contributed by atoms with Crippen LogP contribution >= 0.6 is 22.9 Å². The van der Waals surface area contributed by atoms with Crippen molar-refractivity contribution in [3.05, 3.63) is 135 Å². The van der Waals surface area contributed by atoms with E-state index in [9.17, 15) is 22.8 Å². The van der Waals surface area contributed by atoms with Gasteiger partial charge in [-0.15, -0.1) is 11.3 Å². The normalized spacial score (nSPS) is 13.4. The van der Waals surface area contributed by atoms with Crippen LogP contribution < -0.4 is 5.32 Å². The van der Waals surface area contributed by atoms with Crippen LogP contribution in [0.3, 0.4) is 0 Å². The van der Waals surface area contributed by atoms with Crippen molar-refractivity contribution in [2.24, 2.45) is 0 Å². The Kier molecular flexibility index (Phi) is 8.42. The maximum absolute atomic E-state index is 13.9. The Morgan fingerprint density at radius 2 is 1.87 bits per heavy atom. The van der Waals surface area contributed by atoms with Crippen LogP contribution in [0.2, 0.25) is 4.34 Å². The number of hydrogen-bond acceptors (Lipinski definition) is 8. The average molecular weight is 650 g/mol. The van der Waals surface area contributed by atoms with E-state index in [1.54, 1.807) is 41.6 Å². The average Bonchev–Trinajstić information content (AvgIpc) is 3.81. The molecule has 45 heavy (non-hydrogen) atoms. The number of halogens is 4. The first-order chi connectivity index (χ1) is 21.7. The zero-order valence-electron chi connectivity index (χ0n) is 23.3. The number of nitrogens with zero attached hydrogens (tertiary/aromatic N) is 4. The third-order valence-corrected chi connectivity index (χ3v) is 8.17. The maximum atomic E-state index is 13.9. The largest absolute Gasteiger partial charge is 0.472 e. The molecule has 5 aromatic rings. The van der Waals surface area contributed by atoms with E-state index in [0.717, 1.165) is 27.3 Å². The molecular formula is C32H23ClF3N5O3S.